The molecule has 1 saturated carbocycles. The van der Waals surface area contributed by atoms with E-state index in [1.807, 2.05) is 12.3 Å². The summed E-state index contributed by atoms with van der Waals surface area (Å²) in [7, 11) is 0. The number of benzene rings is 1. The predicted octanol–water partition coefficient (Wildman–Crippen LogP) is 4.34. The molecule has 2 aromatic heterocycles. The van der Waals surface area contributed by atoms with Gasteiger partial charge in [0, 0.05) is 28.7 Å². The molecule has 0 aliphatic heterocycles. The smallest absolute Gasteiger partial charge is 0.252 e. The number of thiazole rings is 1. The topological polar surface area (TPSA) is 54.9 Å². The average Bonchev–Trinajstić information content (AvgIpc) is 3.25. The van der Waals surface area contributed by atoms with Crippen LogP contribution in [0.15, 0.2) is 35.8 Å². The molecule has 1 N–H and O–H groups in total. The van der Waals surface area contributed by atoms with E-state index in [1.165, 1.54) is 12.1 Å². The molecule has 1 aliphatic rings. The number of carbonyl (C=O) groups is 1. The second-order valence-electron chi connectivity index (χ2n) is 6.55. The van der Waals surface area contributed by atoms with Gasteiger partial charge in [0.15, 0.2) is 0 Å². The molecule has 1 amide bonds. The molecule has 3 aromatic rings. The van der Waals surface area contributed by atoms with Crippen molar-refractivity contribution in [2.75, 3.05) is 0 Å². The number of nitrogens with one attached hydrogen (secondary N) is 1. The van der Waals surface area contributed by atoms with Gasteiger partial charge in [-0.15, -0.1) is 11.3 Å². The zero-order valence-corrected chi connectivity index (χ0v) is 14.7. The Labute approximate surface area is 149 Å². The Morgan fingerprint density at radius 2 is 2.08 bits per heavy atom. The highest BCUT2D eigenvalue weighted by molar-refractivity contribution is 7.09. The van der Waals surface area contributed by atoms with Crippen molar-refractivity contribution in [3.63, 3.8) is 0 Å². The molecule has 0 unspecified atom stereocenters. The largest absolute Gasteiger partial charge is 0.340 e. The Bertz CT molecular complexity index is 928. The highest BCUT2D eigenvalue weighted by Gasteiger charge is 2.39. The fraction of sp³-hybridized carbons (Fsp3) is 0.316. The van der Waals surface area contributed by atoms with Crippen LogP contribution in [-0.2, 0) is 5.54 Å². The minimum atomic E-state index is -0.394. The third kappa shape index (κ3) is 2.91. The maximum atomic E-state index is 13.5. The van der Waals surface area contributed by atoms with E-state index in [0.29, 0.717) is 22.2 Å². The van der Waals surface area contributed by atoms with Gasteiger partial charge in [-0.1, -0.05) is 12.8 Å². The van der Waals surface area contributed by atoms with Crippen LogP contribution in [0.2, 0.25) is 0 Å². The molecule has 0 saturated heterocycles. The molecule has 0 spiro atoms. The molecule has 25 heavy (non-hydrogen) atoms. The summed E-state index contributed by atoms with van der Waals surface area (Å²) in [5.41, 5.74) is 1.33. The standard InChI is InChI=1S/C19H18FN3OS/c1-12-10-15(14-5-4-13(20)11-16(14)22-12)17(24)23-19(6-2-3-7-19)18-21-8-9-25-18/h4-5,8-11H,2-3,6-7H2,1H3,(H,23,24). The lowest BCUT2D eigenvalue weighted by atomic mass is 9.97. The van der Waals surface area contributed by atoms with Crippen LogP contribution in [0.4, 0.5) is 4.39 Å². The van der Waals surface area contributed by atoms with Crippen LogP contribution in [0.25, 0.3) is 10.9 Å². The van der Waals surface area contributed by atoms with Crippen molar-refractivity contribution in [1.82, 2.24) is 15.3 Å². The van der Waals surface area contributed by atoms with E-state index in [4.69, 9.17) is 0 Å². The predicted molar refractivity (Wildman–Crippen MR) is 96.2 cm³/mol. The van der Waals surface area contributed by atoms with Crippen molar-refractivity contribution < 1.29 is 9.18 Å². The summed E-state index contributed by atoms with van der Waals surface area (Å²) in [4.78, 5) is 21.9. The van der Waals surface area contributed by atoms with Gasteiger partial charge in [-0.2, -0.15) is 0 Å². The van der Waals surface area contributed by atoms with Gasteiger partial charge in [-0.3, -0.25) is 9.78 Å². The van der Waals surface area contributed by atoms with E-state index in [9.17, 15) is 9.18 Å². The fourth-order valence-corrected chi connectivity index (χ4v) is 4.49. The second kappa shape index (κ2) is 6.19. The molecule has 128 valence electrons. The maximum absolute atomic E-state index is 13.5. The van der Waals surface area contributed by atoms with E-state index in [2.05, 4.69) is 15.3 Å². The normalized spacial score (nSPS) is 16.2. The Balaban J connectivity index is 1.75. The first-order valence-electron chi connectivity index (χ1n) is 8.37. The van der Waals surface area contributed by atoms with Gasteiger partial charge in [0.05, 0.1) is 16.6 Å². The SMILES string of the molecule is Cc1cc(C(=O)NC2(c3nccs3)CCCC2)c2ccc(F)cc2n1. The lowest BCUT2D eigenvalue weighted by Crippen LogP contribution is -2.43. The number of fused-ring (bicyclic) bond motifs is 1. The molecule has 1 aliphatic carbocycles. The van der Waals surface area contributed by atoms with Crippen LogP contribution in [0.5, 0.6) is 0 Å². The number of aromatic nitrogens is 2. The number of nitrogens with zero attached hydrogens (tertiary/aromatic N) is 2. The number of carbonyl (C=O) groups excluding carboxylic acids is 1. The number of rotatable bonds is 3. The van der Waals surface area contributed by atoms with E-state index in [1.54, 1.807) is 29.7 Å². The summed E-state index contributed by atoms with van der Waals surface area (Å²) in [6, 6.07) is 6.12. The molecule has 1 aromatic carbocycles. The maximum Gasteiger partial charge on any atom is 0.252 e. The number of pyridine rings is 1. The molecular weight excluding hydrogens is 337 g/mol. The summed E-state index contributed by atoms with van der Waals surface area (Å²) >= 11 is 1.58. The molecular formula is C19H18FN3OS. The van der Waals surface area contributed by atoms with Crippen LogP contribution in [0, 0.1) is 12.7 Å². The van der Waals surface area contributed by atoms with Crippen molar-refractivity contribution in [3.8, 4) is 0 Å². The van der Waals surface area contributed by atoms with Crippen molar-refractivity contribution in [2.24, 2.45) is 0 Å². The summed E-state index contributed by atoms with van der Waals surface area (Å²) in [5, 5.41) is 6.79. The van der Waals surface area contributed by atoms with Crippen LogP contribution < -0.4 is 5.32 Å². The van der Waals surface area contributed by atoms with Gasteiger partial charge in [0.25, 0.3) is 5.91 Å². The van der Waals surface area contributed by atoms with Crippen molar-refractivity contribution in [2.45, 2.75) is 38.1 Å². The highest BCUT2D eigenvalue weighted by atomic mass is 32.1. The van der Waals surface area contributed by atoms with E-state index >= 15 is 0 Å². The van der Waals surface area contributed by atoms with Crippen molar-refractivity contribution in [3.05, 3.63) is 57.9 Å². The molecule has 1 fully saturated rings. The summed E-state index contributed by atoms with van der Waals surface area (Å²) in [6.45, 7) is 1.81. The van der Waals surface area contributed by atoms with E-state index in [0.717, 1.165) is 30.7 Å². The average molecular weight is 355 g/mol. The summed E-state index contributed by atoms with van der Waals surface area (Å²) in [6.07, 6.45) is 5.70. The third-order valence-corrected chi connectivity index (χ3v) is 5.77. The van der Waals surface area contributed by atoms with Crippen LogP contribution in [0.3, 0.4) is 0 Å². The highest BCUT2D eigenvalue weighted by Crippen LogP contribution is 2.40. The van der Waals surface area contributed by atoms with Gasteiger partial charge in [-0.25, -0.2) is 9.37 Å². The van der Waals surface area contributed by atoms with Crippen LogP contribution in [0.1, 0.15) is 46.7 Å². The van der Waals surface area contributed by atoms with Gasteiger partial charge < -0.3 is 5.32 Å². The number of hydrogen-bond acceptors (Lipinski definition) is 4. The molecule has 0 atom stereocenters. The Morgan fingerprint density at radius 3 is 2.80 bits per heavy atom. The Kier molecular flexibility index (Phi) is 4.00. The van der Waals surface area contributed by atoms with Crippen molar-refractivity contribution in [1.29, 1.82) is 0 Å². The van der Waals surface area contributed by atoms with Gasteiger partial charge in [0.1, 0.15) is 10.8 Å². The lowest BCUT2D eigenvalue weighted by molar-refractivity contribution is 0.0899. The molecule has 4 rings (SSSR count). The zero-order chi connectivity index (χ0) is 17.4. The minimum Gasteiger partial charge on any atom is -0.340 e. The molecule has 0 radical (unpaired) electrons. The third-order valence-electron chi connectivity index (χ3n) is 4.80. The van der Waals surface area contributed by atoms with Crippen LogP contribution >= 0.6 is 11.3 Å². The zero-order valence-electron chi connectivity index (χ0n) is 13.9. The van der Waals surface area contributed by atoms with Gasteiger partial charge in [0.2, 0.25) is 0 Å². The van der Waals surface area contributed by atoms with Crippen molar-refractivity contribution >= 4 is 28.1 Å². The van der Waals surface area contributed by atoms with E-state index < -0.39 is 5.54 Å². The quantitative estimate of drug-likeness (QED) is 0.760. The first-order chi connectivity index (χ1) is 12.1. The number of amides is 1. The first kappa shape index (κ1) is 16.1. The fourth-order valence-electron chi connectivity index (χ4n) is 3.64. The number of halogens is 1. The minimum absolute atomic E-state index is 0.154. The molecule has 4 nitrogen and oxygen atoms in total. The monoisotopic (exact) mass is 355 g/mol. The number of aryl methyl sites for hydroxylation is 1. The van der Waals surface area contributed by atoms with E-state index in [-0.39, 0.29) is 11.7 Å². The first-order valence-corrected chi connectivity index (χ1v) is 9.25. The van der Waals surface area contributed by atoms with Gasteiger partial charge in [-0.05, 0) is 38.0 Å². The molecule has 6 heteroatoms. The molecule has 0 bridgehead atoms. The summed E-state index contributed by atoms with van der Waals surface area (Å²) < 4.78 is 13.5. The number of hydrogen-bond donors (Lipinski definition) is 1. The Morgan fingerprint density at radius 1 is 1.28 bits per heavy atom. The van der Waals surface area contributed by atoms with Crippen LogP contribution in [-0.4, -0.2) is 15.9 Å². The summed E-state index contributed by atoms with van der Waals surface area (Å²) in [5.74, 6) is -0.508. The molecule has 2 heterocycles. The Hall–Kier alpha value is -2.34. The second-order valence-corrected chi connectivity index (χ2v) is 7.45. The van der Waals surface area contributed by atoms with Gasteiger partial charge >= 0.3 is 0 Å². The lowest BCUT2D eigenvalue weighted by Gasteiger charge is -2.28.